The molecular weight excluding hydrogens is 317 g/mol. The SMILES string of the molecule is CC(NC(=O)c1ccc(C(F)(F)F)nc1)c1cccc(Cl)c1. The number of carbonyl (C=O) groups excluding carboxylic acids is 1. The van der Waals surface area contributed by atoms with Crippen molar-refractivity contribution in [1.29, 1.82) is 0 Å². The lowest BCUT2D eigenvalue weighted by molar-refractivity contribution is -0.141. The van der Waals surface area contributed by atoms with Gasteiger partial charge in [0.2, 0.25) is 0 Å². The zero-order valence-corrected chi connectivity index (χ0v) is 12.2. The Kier molecular flexibility index (Phi) is 4.71. The molecule has 0 aliphatic heterocycles. The van der Waals surface area contributed by atoms with Crippen LogP contribution in [0.3, 0.4) is 0 Å². The monoisotopic (exact) mass is 328 g/mol. The molecule has 7 heteroatoms. The van der Waals surface area contributed by atoms with E-state index in [9.17, 15) is 18.0 Å². The molecule has 0 fully saturated rings. The van der Waals surface area contributed by atoms with Crippen molar-refractivity contribution in [2.45, 2.75) is 19.1 Å². The first-order chi connectivity index (χ1) is 10.3. The van der Waals surface area contributed by atoms with Gasteiger partial charge in [0, 0.05) is 11.2 Å². The molecule has 0 bridgehead atoms. The van der Waals surface area contributed by atoms with Crippen LogP contribution in [-0.2, 0) is 6.18 Å². The molecule has 1 atom stereocenters. The normalized spacial score (nSPS) is 12.8. The Morgan fingerprint density at radius 1 is 1.27 bits per heavy atom. The van der Waals surface area contributed by atoms with Gasteiger partial charge in [-0.25, -0.2) is 0 Å². The van der Waals surface area contributed by atoms with Gasteiger partial charge in [0.25, 0.3) is 5.91 Å². The molecule has 0 saturated carbocycles. The predicted molar refractivity (Wildman–Crippen MR) is 76.6 cm³/mol. The summed E-state index contributed by atoms with van der Waals surface area (Å²) in [5, 5.41) is 3.22. The Hall–Kier alpha value is -2.08. The van der Waals surface area contributed by atoms with E-state index in [4.69, 9.17) is 11.6 Å². The third-order valence-corrected chi connectivity index (χ3v) is 3.25. The Bertz CT molecular complexity index is 671. The molecule has 3 nitrogen and oxygen atoms in total. The third-order valence-electron chi connectivity index (χ3n) is 3.01. The van der Waals surface area contributed by atoms with E-state index >= 15 is 0 Å². The first-order valence-electron chi connectivity index (χ1n) is 6.37. The Labute approximate surface area is 130 Å². The molecule has 1 unspecified atom stereocenters. The van der Waals surface area contributed by atoms with Crippen molar-refractivity contribution in [2.75, 3.05) is 0 Å². The first kappa shape index (κ1) is 16.3. The van der Waals surface area contributed by atoms with Crippen LogP contribution >= 0.6 is 11.6 Å². The number of rotatable bonds is 3. The summed E-state index contributed by atoms with van der Waals surface area (Å²) in [6, 6.07) is 8.49. The number of carbonyl (C=O) groups is 1. The minimum absolute atomic E-state index is 0.0573. The van der Waals surface area contributed by atoms with Crippen molar-refractivity contribution in [3.05, 3.63) is 64.4 Å². The molecule has 116 valence electrons. The minimum atomic E-state index is -4.52. The van der Waals surface area contributed by atoms with Gasteiger partial charge in [0.15, 0.2) is 0 Å². The second-order valence-electron chi connectivity index (χ2n) is 4.68. The lowest BCUT2D eigenvalue weighted by atomic mass is 10.1. The van der Waals surface area contributed by atoms with E-state index in [1.807, 2.05) is 0 Å². The average Bonchev–Trinajstić information content (AvgIpc) is 2.46. The first-order valence-corrected chi connectivity index (χ1v) is 6.75. The Balaban J connectivity index is 2.09. The van der Waals surface area contributed by atoms with Gasteiger partial charge in [-0.05, 0) is 36.8 Å². The Morgan fingerprint density at radius 3 is 2.55 bits per heavy atom. The fraction of sp³-hybridized carbons (Fsp3) is 0.200. The molecular formula is C15H12ClF3N2O. The number of hydrogen-bond acceptors (Lipinski definition) is 2. The number of pyridine rings is 1. The van der Waals surface area contributed by atoms with E-state index in [1.54, 1.807) is 31.2 Å². The number of halogens is 4. The van der Waals surface area contributed by atoms with Gasteiger partial charge in [-0.15, -0.1) is 0 Å². The van der Waals surface area contributed by atoms with E-state index in [-0.39, 0.29) is 11.6 Å². The summed E-state index contributed by atoms with van der Waals surface area (Å²) < 4.78 is 37.2. The molecule has 0 radical (unpaired) electrons. The summed E-state index contributed by atoms with van der Waals surface area (Å²) in [5.74, 6) is -0.506. The molecule has 1 heterocycles. The number of nitrogens with zero attached hydrogens (tertiary/aromatic N) is 1. The van der Waals surface area contributed by atoms with Crippen molar-refractivity contribution in [2.24, 2.45) is 0 Å². The summed E-state index contributed by atoms with van der Waals surface area (Å²) >= 11 is 5.87. The van der Waals surface area contributed by atoms with E-state index in [1.165, 1.54) is 0 Å². The maximum Gasteiger partial charge on any atom is 0.433 e. The number of benzene rings is 1. The number of amides is 1. The van der Waals surface area contributed by atoms with E-state index in [0.29, 0.717) is 5.02 Å². The topological polar surface area (TPSA) is 42.0 Å². The van der Waals surface area contributed by atoms with Crippen molar-refractivity contribution >= 4 is 17.5 Å². The highest BCUT2D eigenvalue weighted by atomic mass is 35.5. The molecule has 1 amide bonds. The molecule has 0 aliphatic rings. The highest BCUT2D eigenvalue weighted by molar-refractivity contribution is 6.30. The lowest BCUT2D eigenvalue weighted by Gasteiger charge is -2.15. The number of hydrogen-bond donors (Lipinski definition) is 1. The molecule has 0 spiro atoms. The fourth-order valence-electron chi connectivity index (χ4n) is 1.84. The molecule has 2 rings (SSSR count). The highest BCUT2D eigenvalue weighted by Crippen LogP contribution is 2.27. The average molecular weight is 329 g/mol. The second-order valence-corrected chi connectivity index (χ2v) is 5.12. The van der Waals surface area contributed by atoms with Crippen LogP contribution in [0.4, 0.5) is 13.2 Å². The number of aromatic nitrogens is 1. The highest BCUT2D eigenvalue weighted by Gasteiger charge is 2.32. The second kappa shape index (κ2) is 6.36. The maximum atomic E-state index is 12.4. The molecule has 2 aromatic rings. The standard InChI is InChI=1S/C15H12ClF3N2O/c1-9(10-3-2-4-12(16)7-10)21-14(22)11-5-6-13(20-8-11)15(17,18)19/h2-9H,1H3,(H,21,22). The van der Waals surface area contributed by atoms with Crippen LogP contribution in [0.15, 0.2) is 42.6 Å². The van der Waals surface area contributed by atoms with Crippen molar-refractivity contribution in [3.8, 4) is 0 Å². The van der Waals surface area contributed by atoms with Gasteiger partial charge >= 0.3 is 6.18 Å². The van der Waals surface area contributed by atoms with Crippen molar-refractivity contribution in [3.63, 3.8) is 0 Å². The van der Waals surface area contributed by atoms with Crippen LogP contribution in [0.1, 0.15) is 34.6 Å². The molecule has 22 heavy (non-hydrogen) atoms. The third kappa shape index (κ3) is 3.98. The van der Waals surface area contributed by atoms with Crippen LogP contribution in [0.25, 0.3) is 0 Å². The quantitative estimate of drug-likeness (QED) is 0.915. The summed E-state index contributed by atoms with van der Waals surface area (Å²) in [6.07, 6.45) is -3.62. The molecule has 1 aromatic heterocycles. The molecule has 0 saturated heterocycles. The van der Waals surface area contributed by atoms with Gasteiger partial charge < -0.3 is 5.32 Å². The van der Waals surface area contributed by atoms with Crippen molar-refractivity contribution < 1.29 is 18.0 Å². The maximum absolute atomic E-state index is 12.4. The minimum Gasteiger partial charge on any atom is -0.345 e. The number of nitrogens with one attached hydrogen (secondary N) is 1. The van der Waals surface area contributed by atoms with Crippen molar-refractivity contribution in [1.82, 2.24) is 10.3 Å². The number of alkyl halides is 3. The summed E-state index contributed by atoms with van der Waals surface area (Å²) in [7, 11) is 0. The van der Waals surface area contributed by atoms with Gasteiger partial charge in [-0.3, -0.25) is 9.78 Å². The lowest BCUT2D eigenvalue weighted by Crippen LogP contribution is -2.27. The summed E-state index contributed by atoms with van der Waals surface area (Å²) in [4.78, 5) is 15.3. The van der Waals surface area contributed by atoms with E-state index in [2.05, 4.69) is 10.3 Å². The van der Waals surface area contributed by atoms with Gasteiger partial charge in [-0.2, -0.15) is 13.2 Å². The van der Waals surface area contributed by atoms with Crippen LogP contribution in [0.2, 0.25) is 5.02 Å². The fourth-order valence-corrected chi connectivity index (χ4v) is 2.03. The van der Waals surface area contributed by atoms with Gasteiger partial charge in [0.05, 0.1) is 11.6 Å². The largest absolute Gasteiger partial charge is 0.433 e. The predicted octanol–water partition coefficient (Wildman–Crippen LogP) is 4.24. The summed E-state index contributed by atoms with van der Waals surface area (Å²) in [5.41, 5.74) is -0.186. The summed E-state index contributed by atoms with van der Waals surface area (Å²) in [6.45, 7) is 1.75. The van der Waals surface area contributed by atoms with Gasteiger partial charge in [-0.1, -0.05) is 23.7 Å². The zero-order valence-electron chi connectivity index (χ0n) is 11.5. The molecule has 1 N–H and O–H groups in total. The van der Waals surface area contributed by atoms with Crippen LogP contribution in [0.5, 0.6) is 0 Å². The van der Waals surface area contributed by atoms with Crippen LogP contribution < -0.4 is 5.32 Å². The van der Waals surface area contributed by atoms with E-state index < -0.39 is 17.8 Å². The zero-order chi connectivity index (χ0) is 16.3. The molecule has 0 aliphatic carbocycles. The van der Waals surface area contributed by atoms with Crippen LogP contribution in [-0.4, -0.2) is 10.9 Å². The van der Waals surface area contributed by atoms with E-state index in [0.717, 1.165) is 23.9 Å². The smallest absolute Gasteiger partial charge is 0.345 e. The molecule has 1 aromatic carbocycles. The Morgan fingerprint density at radius 2 is 2.00 bits per heavy atom. The van der Waals surface area contributed by atoms with Crippen LogP contribution in [0, 0.1) is 0 Å². The van der Waals surface area contributed by atoms with Gasteiger partial charge in [0.1, 0.15) is 5.69 Å².